The number of nitrogens with zero attached hydrogens (tertiary/aromatic N) is 6. The summed E-state index contributed by atoms with van der Waals surface area (Å²) in [5.74, 6) is -0.104. The van der Waals surface area contributed by atoms with E-state index in [2.05, 4.69) is 34.5 Å². The number of hydrogen-bond donors (Lipinski definition) is 0. The summed E-state index contributed by atoms with van der Waals surface area (Å²) in [5.41, 5.74) is 2.79. The number of rotatable bonds is 4. The Kier molecular flexibility index (Phi) is 4.01. The van der Waals surface area contributed by atoms with Crippen molar-refractivity contribution in [1.82, 2.24) is 29.7 Å². The van der Waals surface area contributed by atoms with Gasteiger partial charge in [-0.05, 0) is 17.2 Å². The molecule has 28 heavy (non-hydrogen) atoms. The summed E-state index contributed by atoms with van der Waals surface area (Å²) in [7, 11) is 0. The minimum atomic E-state index is -0.104. The van der Waals surface area contributed by atoms with Gasteiger partial charge in [-0.1, -0.05) is 36.4 Å². The maximum absolute atomic E-state index is 13.1. The molecule has 2 aliphatic rings. The van der Waals surface area contributed by atoms with Gasteiger partial charge in [0, 0.05) is 30.9 Å². The van der Waals surface area contributed by atoms with E-state index >= 15 is 0 Å². The summed E-state index contributed by atoms with van der Waals surface area (Å²) < 4.78 is 8.95. The molecule has 2 aromatic heterocycles. The van der Waals surface area contributed by atoms with E-state index in [9.17, 15) is 4.79 Å². The SMILES string of the molecule is CC1(Cn2cc(C(=O)N3Cc4ccccc4[C@H](n4cccn4)C3)nn2)COC1. The van der Waals surface area contributed by atoms with Crippen LogP contribution in [0.1, 0.15) is 34.6 Å². The third kappa shape index (κ3) is 2.99. The minimum Gasteiger partial charge on any atom is -0.380 e. The van der Waals surface area contributed by atoms with Crippen LogP contribution in [-0.2, 0) is 17.8 Å². The lowest BCUT2D eigenvalue weighted by Crippen LogP contribution is -2.43. The van der Waals surface area contributed by atoms with Crippen LogP contribution in [-0.4, -0.2) is 55.3 Å². The molecule has 1 atom stereocenters. The first-order chi connectivity index (χ1) is 13.6. The monoisotopic (exact) mass is 378 g/mol. The summed E-state index contributed by atoms with van der Waals surface area (Å²) in [5, 5.41) is 12.7. The fourth-order valence-electron chi connectivity index (χ4n) is 3.99. The summed E-state index contributed by atoms with van der Waals surface area (Å²) in [6.45, 7) is 5.39. The number of aromatic nitrogens is 5. The summed E-state index contributed by atoms with van der Waals surface area (Å²) >= 11 is 0. The molecule has 4 heterocycles. The second-order valence-electron chi connectivity index (χ2n) is 7.99. The summed E-state index contributed by atoms with van der Waals surface area (Å²) in [6.07, 6.45) is 5.45. The molecule has 0 N–H and O–H groups in total. The van der Waals surface area contributed by atoms with Gasteiger partial charge in [-0.25, -0.2) is 0 Å². The molecule has 1 saturated heterocycles. The molecule has 144 valence electrons. The van der Waals surface area contributed by atoms with E-state index < -0.39 is 0 Å². The van der Waals surface area contributed by atoms with Gasteiger partial charge in [-0.3, -0.25) is 14.2 Å². The quantitative estimate of drug-likeness (QED) is 0.691. The third-order valence-corrected chi connectivity index (χ3v) is 5.50. The van der Waals surface area contributed by atoms with Crippen LogP contribution >= 0.6 is 0 Å². The van der Waals surface area contributed by atoms with Crippen molar-refractivity contribution in [2.75, 3.05) is 19.8 Å². The second-order valence-corrected chi connectivity index (χ2v) is 7.99. The fourth-order valence-corrected chi connectivity index (χ4v) is 3.99. The predicted octanol–water partition coefficient (Wildman–Crippen LogP) is 1.76. The largest absolute Gasteiger partial charge is 0.380 e. The van der Waals surface area contributed by atoms with E-state index in [0.717, 1.165) is 5.56 Å². The number of fused-ring (bicyclic) bond motifs is 1. The van der Waals surface area contributed by atoms with E-state index in [1.54, 1.807) is 17.1 Å². The Morgan fingerprint density at radius 3 is 2.89 bits per heavy atom. The van der Waals surface area contributed by atoms with Gasteiger partial charge in [0.1, 0.15) is 0 Å². The topological polar surface area (TPSA) is 78.1 Å². The Balaban J connectivity index is 1.39. The van der Waals surface area contributed by atoms with E-state index in [-0.39, 0.29) is 17.4 Å². The molecule has 0 unspecified atom stereocenters. The Morgan fingerprint density at radius 1 is 1.29 bits per heavy atom. The number of ether oxygens (including phenoxy) is 1. The molecular formula is C20H22N6O2. The van der Waals surface area contributed by atoms with E-state index in [4.69, 9.17) is 4.74 Å². The second kappa shape index (κ2) is 6.56. The number of carbonyl (C=O) groups is 1. The van der Waals surface area contributed by atoms with Crippen LogP contribution < -0.4 is 0 Å². The van der Waals surface area contributed by atoms with Gasteiger partial charge in [0.2, 0.25) is 0 Å². The first-order valence-electron chi connectivity index (χ1n) is 9.45. The third-order valence-electron chi connectivity index (χ3n) is 5.50. The highest BCUT2D eigenvalue weighted by Crippen LogP contribution is 2.30. The van der Waals surface area contributed by atoms with E-state index in [1.807, 2.05) is 34.0 Å². The number of benzene rings is 1. The van der Waals surface area contributed by atoms with Crippen molar-refractivity contribution >= 4 is 5.91 Å². The number of hydrogen-bond acceptors (Lipinski definition) is 5. The summed E-state index contributed by atoms with van der Waals surface area (Å²) in [6, 6.07) is 10.1. The molecule has 5 rings (SSSR count). The molecule has 8 heteroatoms. The Hall–Kier alpha value is -3.00. The number of amides is 1. The lowest BCUT2D eigenvalue weighted by Gasteiger charge is -2.37. The average Bonchev–Trinajstić information content (AvgIpc) is 3.37. The minimum absolute atomic E-state index is 0.00928. The Morgan fingerprint density at radius 2 is 2.14 bits per heavy atom. The van der Waals surface area contributed by atoms with Crippen molar-refractivity contribution in [1.29, 1.82) is 0 Å². The van der Waals surface area contributed by atoms with E-state index in [0.29, 0.717) is 38.5 Å². The molecule has 0 bridgehead atoms. The molecule has 3 aromatic rings. The first kappa shape index (κ1) is 17.1. The van der Waals surface area contributed by atoms with Crippen LogP contribution in [0.2, 0.25) is 0 Å². The normalized spacial score (nSPS) is 20.5. The van der Waals surface area contributed by atoms with Crippen LogP contribution in [0, 0.1) is 5.41 Å². The highest BCUT2D eigenvalue weighted by molar-refractivity contribution is 5.92. The Bertz CT molecular complexity index is 992. The number of carbonyl (C=O) groups excluding carboxylic acids is 1. The van der Waals surface area contributed by atoms with Gasteiger partial charge in [0.05, 0.1) is 32.0 Å². The highest BCUT2D eigenvalue weighted by atomic mass is 16.5. The van der Waals surface area contributed by atoms with Gasteiger partial charge >= 0.3 is 0 Å². The molecular weight excluding hydrogens is 356 g/mol. The lowest BCUT2D eigenvalue weighted by molar-refractivity contribution is -0.111. The standard InChI is InChI=1S/C20H22N6O2/c1-20(13-28-14-20)12-25-10-17(22-23-25)19(27)24-9-15-5-2-3-6-16(15)18(11-24)26-8-4-7-21-26/h2-8,10,18H,9,11-14H2,1H3/t18-/m1/s1. The van der Waals surface area contributed by atoms with Crippen LogP contribution in [0.15, 0.2) is 48.9 Å². The first-order valence-corrected chi connectivity index (χ1v) is 9.45. The molecule has 1 amide bonds. The van der Waals surface area contributed by atoms with Gasteiger partial charge in [0.15, 0.2) is 5.69 Å². The van der Waals surface area contributed by atoms with Gasteiger partial charge in [0.25, 0.3) is 5.91 Å². The molecule has 1 fully saturated rings. The van der Waals surface area contributed by atoms with Crippen molar-refractivity contribution in [2.24, 2.45) is 5.41 Å². The van der Waals surface area contributed by atoms with Crippen molar-refractivity contribution in [3.05, 3.63) is 65.7 Å². The van der Waals surface area contributed by atoms with Crippen LogP contribution in [0.25, 0.3) is 0 Å². The van der Waals surface area contributed by atoms with Crippen LogP contribution in [0.5, 0.6) is 0 Å². The van der Waals surface area contributed by atoms with Crippen molar-refractivity contribution in [3.8, 4) is 0 Å². The molecule has 1 aromatic carbocycles. The lowest BCUT2D eigenvalue weighted by atomic mass is 9.89. The van der Waals surface area contributed by atoms with Gasteiger partial charge < -0.3 is 9.64 Å². The summed E-state index contributed by atoms with van der Waals surface area (Å²) in [4.78, 5) is 15.0. The fraction of sp³-hybridized carbons (Fsp3) is 0.400. The van der Waals surface area contributed by atoms with Gasteiger partial charge in [-0.2, -0.15) is 5.10 Å². The van der Waals surface area contributed by atoms with Crippen molar-refractivity contribution in [3.63, 3.8) is 0 Å². The van der Waals surface area contributed by atoms with E-state index in [1.165, 1.54) is 5.56 Å². The molecule has 2 aliphatic heterocycles. The van der Waals surface area contributed by atoms with Crippen LogP contribution in [0.3, 0.4) is 0 Å². The maximum Gasteiger partial charge on any atom is 0.276 e. The zero-order chi connectivity index (χ0) is 19.1. The van der Waals surface area contributed by atoms with Gasteiger partial charge in [-0.15, -0.1) is 5.10 Å². The molecule has 8 nitrogen and oxygen atoms in total. The zero-order valence-corrected chi connectivity index (χ0v) is 15.7. The Labute approximate surface area is 162 Å². The zero-order valence-electron chi connectivity index (χ0n) is 15.7. The predicted molar refractivity (Wildman–Crippen MR) is 100 cm³/mol. The maximum atomic E-state index is 13.1. The highest BCUT2D eigenvalue weighted by Gasteiger charge is 2.35. The molecule has 0 spiro atoms. The van der Waals surface area contributed by atoms with Crippen molar-refractivity contribution < 1.29 is 9.53 Å². The van der Waals surface area contributed by atoms with Crippen molar-refractivity contribution in [2.45, 2.75) is 26.1 Å². The van der Waals surface area contributed by atoms with Crippen LogP contribution in [0.4, 0.5) is 0 Å². The molecule has 0 radical (unpaired) electrons. The average molecular weight is 378 g/mol. The smallest absolute Gasteiger partial charge is 0.276 e. The molecule has 0 saturated carbocycles. The molecule has 0 aliphatic carbocycles.